The number of rotatable bonds is 6. The molecule has 0 unspecified atom stereocenters. The smallest absolute Gasteiger partial charge is 0.232 e. The molecule has 36 heavy (non-hydrogen) atoms. The number of amides is 1. The summed E-state index contributed by atoms with van der Waals surface area (Å²) in [5, 5.41) is 9.10. The third-order valence-electron chi connectivity index (χ3n) is 6.10. The molecule has 0 spiro atoms. The second kappa shape index (κ2) is 9.83. The number of furan rings is 2. The van der Waals surface area contributed by atoms with Crippen molar-refractivity contribution in [2.24, 2.45) is 0 Å². The minimum Gasteiger partial charge on any atom is -0.463 e. The van der Waals surface area contributed by atoms with Crippen LogP contribution in [0.3, 0.4) is 0 Å². The highest BCUT2D eigenvalue weighted by molar-refractivity contribution is 7.99. The van der Waals surface area contributed by atoms with Crippen molar-refractivity contribution in [1.82, 2.24) is 15.2 Å². The number of nitrogens with zero attached hydrogens (tertiary/aromatic N) is 4. The summed E-state index contributed by atoms with van der Waals surface area (Å²) >= 11 is 1.39. The molecule has 1 amide bonds. The van der Waals surface area contributed by atoms with Gasteiger partial charge in [-0.05, 0) is 60.4 Å². The molecule has 1 aliphatic heterocycles. The molecule has 0 saturated carbocycles. The standard InChI is InChI=1S/C28H22N4O3S/c33-25(32-21-9-3-1-7-19(21)13-14-20-8-2-4-10-22(20)32)15-18-36-28-29-26(23-11-5-16-34-23)27(30-31-28)24-12-6-17-35-24/h1-12,16-17H,13-15,18H2. The van der Waals surface area contributed by atoms with Crippen molar-refractivity contribution in [1.29, 1.82) is 0 Å². The predicted molar refractivity (Wildman–Crippen MR) is 138 cm³/mol. The van der Waals surface area contributed by atoms with Crippen LogP contribution < -0.4 is 4.90 Å². The SMILES string of the molecule is O=C(CCSc1nnc(-c2ccco2)c(-c2ccco2)n1)N1c2ccccc2CCc2ccccc21. The lowest BCUT2D eigenvalue weighted by Gasteiger charge is -2.25. The minimum atomic E-state index is 0.0377. The van der Waals surface area contributed by atoms with Crippen LogP contribution in [0, 0.1) is 0 Å². The maximum Gasteiger partial charge on any atom is 0.232 e. The first-order chi connectivity index (χ1) is 17.8. The predicted octanol–water partition coefficient (Wildman–Crippen LogP) is 6.34. The van der Waals surface area contributed by atoms with E-state index in [1.807, 2.05) is 47.4 Å². The number of carbonyl (C=O) groups is 1. The summed E-state index contributed by atoms with van der Waals surface area (Å²) in [5.74, 6) is 1.69. The number of hydrogen-bond donors (Lipinski definition) is 0. The average Bonchev–Trinajstić information content (AvgIpc) is 3.61. The van der Waals surface area contributed by atoms with Gasteiger partial charge in [0.1, 0.15) is 5.69 Å². The quantitative estimate of drug-likeness (QED) is 0.255. The first-order valence-corrected chi connectivity index (χ1v) is 12.7. The van der Waals surface area contributed by atoms with Crippen molar-refractivity contribution in [3.63, 3.8) is 0 Å². The zero-order valence-corrected chi connectivity index (χ0v) is 20.1. The van der Waals surface area contributed by atoms with Gasteiger partial charge >= 0.3 is 0 Å². The van der Waals surface area contributed by atoms with Crippen molar-refractivity contribution in [2.45, 2.75) is 24.4 Å². The maximum atomic E-state index is 13.6. The van der Waals surface area contributed by atoms with E-state index in [2.05, 4.69) is 27.3 Å². The third kappa shape index (κ3) is 4.31. The molecule has 8 heteroatoms. The number of aryl methyl sites for hydroxylation is 2. The lowest BCUT2D eigenvalue weighted by Crippen LogP contribution is -2.27. The zero-order chi connectivity index (χ0) is 24.3. The molecule has 6 rings (SSSR count). The van der Waals surface area contributed by atoms with Gasteiger partial charge in [-0.3, -0.25) is 9.69 Å². The molecule has 0 radical (unpaired) electrons. The first kappa shape index (κ1) is 22.3. The first-order valence-electron chi connectivity index (χ1n) is 11.7. The van der Waals surface area contributed by atoms with E-state index in [1.54, 1.807) is 30.7 Å². The second-order valence-corrected chi connectivity index (χ2v) is 9.39. The van der Waals surface area contributed by atoms with Gasteiger partial charge in [-0.2, -0.15) is 0 Å². The summed E-state index contributed by atoms with van der Waals surface area (Å²) < 4.78 is 11.1. The number of para-hydroxylation sites is 2. The fraction of sp³-hybridized carbons (Fsp3) is 0.143. The Hall–Kier alpha value is -4.17. The van der Waals surface area contributed by atoms with E-state index in [4.69, 9.17) is 8.83 Å². The molecule has 0 N–H and O–H groups in total. The van der Waals surface area contributed by atoms with Gasteiger partial charge in [0.05, 0.1) is 23.9 Å². The molecular formula is C28H22N4O3S. The molecule has 0 aliphatic carbocycles. The lowest BCUT2D eigenvalue weighted by molar-refractivity contribution is -0.117. The monoisotopic (exact) mass is 494 g/mol. The van der Waals surface area contributed by atoms with Crippen molar-refractivity contribution in [3.8, 4) is 22.9 Å². The second-order valence-electron chi connectivity index (χ2n) is 8.33. The summed E-state index contributed by atoms with van der Waals surface area (Å²) in [6, 6.07) is 23.5. The van der Waals surface area contributed by atoms with Gasteiger partial charge in [0.15, 0.2) is 17.2 Å². The Morgan fingerprint density at radius 2 is 1.39 bits per heavy atom. The maximum absolute atomic E-state index is 13.6. The number of anilines is 2. The van der Waals surface area contributed by atoms with Gasteiger partial charge in [-0.1, -0.05) is 48.2 Å². The van der Waals surface area contributed by atoms with Crippen molar-refractivity contribution in [3.05, 3.63) is 96.4 Å². The van der Waals surface area contributed by atoms with Crippen LogP contribution in [0.4, 0.5) is 11.4 Å². The largest absolute Gasteiger partial charge is 0.463 e. The average molecular weight is 495 g/mol. The fourth-order valence-corrected chi connectivity index (χ4v) is 5.14. The van der Waals surface area contributed by atoms with Crippen LogP contribution in [0.1, 0.15) is 17.5 Å². The van der Waals surface area contributed by atoms with Crippen LogP contribution >= 0.6 is 11.8 Å². The number of thioether (sulfide) groups is 1. The Labute approximate surface area is 212 Å². The molecule has 2 aromatic carbocycles. The van der Waals surface area contributed by atoms with E-state index in [0.29, 0.717) is 40.2 Å². The van der Waals surface area contributed by atoms with Crippen LogP contribution in [0.5, 0.6) is 0 Å². The summed E-state index contributed by atoms with van der Waals surface area (Å²) in [4.78, 5) is 20.1. The number of aromatic nitrogens is 3. The Morgan fingerprint density at radius 3 is 2.00 bits per heavy atom. The fourth-order valence-electron chi connectivity index (χ4n) is 4.43. The van der Waals surface area contributed by atoms with Crippen molar-refractivity contribution in [2.75, 3.05) is 10.7 Å². The summed E-state index contributed by atoms with van der Waals surface area (Å²) in [6.45, 7) is 0. The van der Waals surface area contributed by atoms with Gasteiger partial charge in [-0.25, -0.2) is 4.98 Å². The molecule has 4 heterocycles. The number of hydrogen-bond acceptors (Lipinski definition) is 7. The highest BCUT2D eigenvalue weighted by atomic mass is 32.2. The minimum absolute atomic E-state index is 0.0377. The van der Waals surface area contributed by atoms with Gasteiger partial charge in [0.25, 0.3) is 0 Å². The van der Waals surface area contributed by atoms with E-state index in [1.165, 1.54) is 22.9 Å². The molecule has 1 aliphatic rings. The van der Waals surface area contributed by atoms with Gasteiger partial charge < -0.3 is 8.83 Å². The highest BCUT2D eigenvalue weighted by Gasteiger charge is 2.25. The Kier molecular flexibility index (Phi) is 6.09. The number of fused-ring (bicyclic) bond motifs is 2. The molecular weight excluding hydrogens is 472 g/mol. The Balaban J connectivity index is 1.23. The third-order valence-corrected chi connectivity index (χ3v) is 6.94. The van der Waals surface area contributed by atoms with E-state index in [0.717, 1.165) is 24.2 Å². The molecule has 0 atom stereocenters. The molecule has 0 bridgehead atoms. The highest BCUT2D eigenvalue weighted by Crippen LogP contribution is 2.37. The van der Waals surface area contributed by atoms with Crippen LogP contribution in [-0.4, -0.2) is 26.8 Å². The van der Waals surface area contributed by atoms with Crippen LogP contribution in [0.25, 0.3) is 22.9 Å². The van der Waals surface area contributed by atoms with Crippen LogP contribution in [0.15, 0.2) is 99.3 Å². The van der Waals surface area contributed by atoms with E-state index in [-0.39, 0.29) is 5.91 Å². The normalized spacial score (nSPS) is 12.6. The van der Waals surface area contributed by atoms with E-state index in [9.17, 15) is 4.79 Å². The van der Waals surface area contributed by atoms with Gasteiger partial charge in [0, 0.05) is 12.2 Å². The van der Waals surface area contributed by atoms with E-state index < -0.39 is 0 Å². The Bertz CT molecular complexity index is 1450. The van der Waals surface area contributed by atoms with Crippen LogP contribution in [-0.2, 0) is 17.6 Å². The van der Waals surface area contributed by atoms with Gasteiger partial charge in [-0.15, -0.1) is 10.2 Å². The van der Waals surface area contributed by atoms with Gasteiger partial charge in [0.2, 0.25) is 11.1 Å². The van der Waals surface area contributed by atoms with Crippen molar-refractivity contribution >= 4 is 29.0 Å². The zero-order valence-electron chi connectivity index (χ0n) is 19.3. The summed E-state index contributed by atoms with van der Waals surface area (Å²) in [7, 11) is 0. The summed E-state index contributed by atoms with van der Waals surface area (Å²) in [5.41, 5.74) is 5.33. The number of carbonyl (C=O) groups excluding carboxylic acids is 1. The van der Waals surface area contributed by atoms with Crippen molar-refractivity contribution < 1.29 is 13.6 Å². The lowest BCUT2D eigenvalue weighted by atomic mass is 10.0. The number of benzene rings is 2. The molecule has 178 valence electrons. The molecule has 5 aromatic rings. The summed E-state index contributed by atoms with van der Waals surface area (Å²) in [6.07, 6.45) is 5.31. The molecule has 0 saturated heterocycles. The van der Waals surface area contributed by atoms with Crippen LogP contribution in [0.2, 0.25) is 0 Å². The molecule has 3 aromatic heterocycles. The topological polar surface area (TPSA) is 85.3 Å². The molecule has 0 fully saturated rings. The van der Waals surface area contributed by atoms with E-state index >= 15 is 0 Å². The molecule has 7 nitrogen and oxygen atoms in total. The Morgan fingerprint density at radius 1 is 0.778 bits per heavy atom.